The van der Waals surface area contributed by atoms with Crippen molar-refractivity contribution < 1.29 is 9.90 Å². The minimum atomic E-state index is -0.703. The van der Waals surface area contributed by atoms with Crippen molar-refractivity contribution in [2.45, 2.75) is 39.7 Å². The fourth-order valence-corrected chi connectivity index (χ4v) is 1.85. The zero-order chi connectivity index (χ0) is 10.3. The minimum Gasteiger partial charge on any atom is -0.480 e. The molecule has 1 aliphatic rings. The van der Waals surface area contributed by atoms with Gasteiger partial charge in [0.05, 0.1) is 0 Å². The molecule has 1 aliphatic heterocycles. The highest BCUT2D eigenvalue weighted by Crippen LogP contribution is 2.36. The molecule has 3 heteroatoms. The monoisotopic (exact) mass is 185 g/mol. The van der Waals surface area contributed by atoms with Crippen LogP contribution in [-0.4, -0.2) is 34.6 Å². The van der Waals surface area contributed by atoms with E-state index in [-0.39, 0.29) is 0 Å². The third kappa shape index (κ3) is 1.70. The highest BCUT2D eigenvalue weighted by atomic mass is 16.4. The Morgan fingerprint density at radius 1 is 1.54 bits per heavy atom. The molecule has 1 N–H and O–H groups in total. The van der Waals surface area contributed by atoms with Crippen LogP contribution in [0.25, 0.3) is 0 Å². The van der Waals surface area contributed by atoms with E-state index in [1.54, 1.807) is 0 Å². The molecule has 1 heterocycles. The van der Waals surface area contributed by atoms with Crippen LogP contribution in [0.5, 0.6) is 0 Å². The van der Waals surface area contributed by atoms with E-state index >= 15 is 0 Å². The van der Waals surface area contributed by atoms with E-state index in [4.69, 9.17) is 5.11 Å². The minimum absolute atomic E-state index is 0.298. The molecule has 1 atom stereocenters. The van der Waals surface area contributed by atoms with Crippen molar-refractivity contribution in [2.24, 2.45) is 5.41 Å². The molecule has 0 spiro atoms. The standard InChI is InChI=1S/C10H19NO2/c1-5-10(4,8(12)13)11-6-9(2,3)7-11/h5-7H2,1-4H3,(H,12,13). The Morgan fingerprint density at radius 2 is 2.00 bits per heavy atom. The second-order valence-electron chi connectivity index (χ2n) is 4.95. The number of aliphatic carboxylic acids is 1. The van der Waals surface area contributed by atoms with Gasteiger partial charge in [-0.1, -0.05) is 20.8 Å². The topological polar surface area (TPSA) is 40.5 Å². The molecule has 13 heavy (non-hydrogen) atoms. The second-order valence-corrected chi connectivity index (χ2v) is 4.95. The molecule has 0 aromatic carbocycles. The maximum atomic E-state index is 11.1. The maximum absolute atomic E-state index is 11.1. The van der Waals surface area contributed by atoms with Gasteiger partial charge in [-0.05, 0) is 18.8 Å². The van der Waals surface area contributed by atoms with Crippen LogP contribution in [0.2, 0.25) is 0 Å². The molecule has 0 saturated carbocycles. The summed E-state index contributed by atoms with van der Waals surface area (Å²) in [6.07, 6.45) is 0.665. The Labute approximate surface area is 79.7 Å². The molecule has 0 aliphatic carbocycles. The van der Waals surface area contributed by atoms with Gasteiger partial charge in [-0.25, -0.2) is 0 Å². The molecule has 0 bridgehead atoms. The van der Waals surface area contributed by atoms with E-state index in [2.05, 4.69) is 18.7 Å². The number of likely N-dealkylation sites (tertiary alicyclic amines) is 1. The molecule has 1 fully saturated rings. The van der Waals surface area contributed by atoms with Crippen LogP contribution in [0.3, 0.4) is 0 Å². The van der Waals surface area contributed by atoms with Crippen LogP contribution < -0.4 is 0 Å². The normalized spacial score (nSPS) is 26.2. The van der Waals surface area contributed by atoms with Gasteiger partial charge in [-0.3, -0.25) is 9.69 Å². The summed E-state index contributed by atoms with van der Waals surface area (Å²) in [5, 5.41) is 9.10. The first kappa shape index (κ1) is 10.5. The molecule has 76 valence electrons. The van der Waals surface area contributed by atoms with Gasteiger partial charge >= 0.3 is 5.97 Å². The molecule has 0 aromatic heterocycles. The zero-order valence-electron chi connectivity index (χ0n) is 8.92. The lowest BCUT2D eigenvalue weighted by molar-refractivity contribution is -0.159. The Balaban J connectivity index is 2.66. The number of rotatable bonds is 3. The number of hydrogen-bond acceptors (Lipinski definition) is 2. The SMILES string of the molecule is CCC(C)(C(=O)O)N1CC(C)(C)C1. The molecule has 1 unspecified atom stereocenters. The van der Waals surface area contributed by atoms with E-state index < -0.39 is 11.5 Å². The summed E-state index contributed by atoms with van der Waals surface area (Å²) < 4.78 is 0. The molecule has 0 amide bonds. The number of carboxylic acid groups (broad SMARTS) is 1. The summed E-state index contributed by atoms with van der Waals surface area (Å²) in [6, 6.07) is 0. The summed E-state index contributed by atoms with van der Waals surface area (Å²) in [6.45, 7) is 9.86. The van der Waals surface area contributed by atoms with E-state index in [1.165, 1.54) is 0 Å². The smallest absolute Gasteiger partial charge is 0.323 e. The Hall–Kier alpha value is -0.570. The summed E-state index contributed by atoms with van der Waals surface area (Å²) in [4.78, 5) is 13.1. The average molecular weight is 185 g/mol. The summed E-state index contributed by atoms with van der Waals surface area (Å²) >= 11 is 0. The Morgan fingerprint density at radius 3 is 2.23 bits per heavy atom. The van der Waals surface area contributed by atoms with Gasteiger partial charge in [0.25, 0.3) is 0 Å². The number of nitrogens with zero attached hydrogens (tertiary/aromatic N) is 1. The second kappa shape index (κ2) is 2.98. The quantitative estimate of drug-likeness (QED) is 0.725. The average Bonchev–Trinajstić information content (AvgIpc) is 1.98. The first-order valence-electron chi connectivity index (χ1n) is 4.80. The van der Waals surface area contributed by atoms with Crippen molar-refractivity contribution in [3.63, 3.8) is 0 Å². The Bertz CT molecular complexity index is 217. The van der Waals surface area contributed by atoms with Gasteiger partial charge in [0.1, 0.15) is 5.54 Å². The molecule has 0 aromatic rings. The molecular weight excluding hydrogens is 166 g/mol. The van der Waals surface area contributed by atoms with E-state index in [0.29, 0.717) is 11.8 Å². The van der Waals surface area contributed by atoms with Crippen molar-refractivity contribution in [1.82, 2.24) is 4.90 Å². The van der Waals surface area contributed by atoms with Crippen LogP contribution in [0.1, 0.15) is 34.1 Å². The third-order valence-corrected chi connectivity index (χ3v) is 3.08. The van der Waals surface area contributed by atoms with Crippen molar-refractivity contribution in [3.8, 4) is 0 Å². The molecular formula is C10H19NO2. The first-order chi connectivity index (χ1) is 5.82. The summed E-state index contributed by atoms with van der Waals surface area (Å²) in [5.41, 5.74) is -0.360. The van der Waals surface area contributed by atoms with Crippen LogP contribution in [0.15, 0.2) is 0 Å². The lowest BCUT2D eigenvalue weighted by Crippen LogP contribution is -2.65. The van der Waals surface area contributed by atoms with Crippen LogP contribution in [0, 0.1) is 5.41 Å². The van der Waals surface area contributed by atoms with Gasteiger partial charge in [0.15, 0.2) is 0 Å². The van der Waals surface area contributed by atoms with E-state index in [1.807, 2.05) is 13.8 Å². The van der Waals surface area contributed by atoms with E-state index in [9.17, 15) is 4.79 Å². The lowest BCUT2D eigenvalue weighted by atomic mass is 9.79. The lowest BCUT2D eigenvalue weighted by Gasteiger charge is -2.53. The summed E-state index contributed by atoms with van der Waals surface area (Å²) in [5.74, 6) is -0.703. The third-order valence-electron chi connectivity index (χ3n) is 3.08. The predicted molar refractivity (Wildman–Crippen MR) is 51.7 cm³/mol. The summed E-state index contributed by atoms with van der Waals surface area (Å²) in [7, 11) is 0. The molecule has 3 nitrogen and oxygen atoms in total. The fraction of sp³-hybridized carbons (Fsp3) is 0.900. The van der Waals surface area contributed by atoms with E-state index in [0.717, 1.165) is 13.1 Å². The van der Waals surface area contributed by atoms with Gasteiger partial charge in [-0.2, -0.15) is 0 Å². The first-order valence-corrected chi connectivity index (χ1v) is 4.80. The molecule has 0 radical (unpaired) electrons. The maximum Gasteiger partial charge on any atom is 0.323 e. The van der Waals surface area contributed by atoms with Crippen molar-refractivity contribution in [3.05, 3.63) is 0 Å². The molecule has 1 saturated heterocycles. The van der Waals surface area contributed by atoms with Gasteiger partial charge in [-0.15, -0.1) is 0 Å². The van der Waals surface area contributed by atoms with Crippen LogP contribution >= 0.6 is 0 Å². The fourth-order valence-electron chi connectivity index (χ4n) is 1.85. The number of carboxylic acids is 1. The van der Waals surface area contributed by atoms with Gasteiger partial charge in [0, 0.05) is 13.1 Å². The molecule has 1 rings (SSSR count). The zero-order valence-corrected chi connectivity index (χ0v) is 8.92. The van der Waals surface area contributed by atoms with Crippen molar-refractivity contribution >= 4 is 5.97 Å². The largest absolute Gasteiger partial charge is 0.480 e. The van der Waals surface area contributed by atoms with Crippen LogP contribution in [0.4, 0.5) is 0 Å². The number of hydrogen-bond donors (Lipinski definition) is 1. The van der Waals surface area contributed by atoms with Crippen molar-refractivity contribution in [1.29, 1.82) is 0 Å². The van der Waals surface area contributed by atoms with Gasteiger partial charge < -0.3 is 5.11 Å². The predicted octanol–water partition coefficient (Wildman–Crippen LogP) is 1.58. The number of carbonyl (C=O) groups is 1. The van der Waals surface area contributed by atoms with Crippen LogP contribution in [-0.2, 0) is 4.79 Å². The Kier molecular flexibility index (Phi) is 2.41. The highest BCUT2D eigenvalue weighted by molar-refractivity contribution is 5.78. The van der Waals surface area contributed by atoms with Gasteiger partial charge in [0.2, 0.25) is 0 Å². The van der Waals surface area contributed by atoms with Crippen molar-refractivity contribution in [2.75, 3.05) is 13.1 Å². The highest BCUT2D eigenvalue weighted by Gasteiger charge is 2.47.